The third-order valence-electron chi connectivity index (χ3n) is 6.15. The van der Waals surface area contributed by atoms with Crippen LogP contribution in [0.5, 0.6) is 0 Å². The number of fused-ring (bicyclic) bond motifs is 1. The van der Waals surface area contributed by atoms with Gasteiger partial charge in [0.1, 0.15) is 6.04 Å². The molecular weight excluding hydrogens is 428 g/mol. The van der Waals surface area contributed by atoms with Crippen molar-refractivity contribution >= 4 is 23.6 Å². The fourth-order valence-corrected chi connectivity index (χ4v) is 4.36. The number of hydrogen-bond acceptors (Lipinski definition) is 7. The lowest BCUT2D eigenvalue weighted by Gasteiger charge is -2.29. The van der Waals surface area contributed by atoms with Crippen LogP contribution in [0.4, 0.5) is 0 Å². The number of rotatable bonds is 4. The number of hydrogen-bond donors (Lipinski definition) is 1. The van der Waals surface area contributed by atoms with Gasteiger partial charge < -0.3 is 14.5 Å². The number of carbonyl (C=O) groups excluding carboxylic acids is 4. The van der Waals surface area contributed by atoms with Gasteiger partial charge in [0, 0.05) is 32.2 Å². The van der Waals surface area contributed by atoms with E-state index in [1.165, 1.54) is 9.58 Å². The zero-order valence-corrected chi connectivity index (χ0v) is 17.9. The molecule has 11 nitrogen and oxygen atoms in total. The Kier molecular flexibility index (Phi) is 5.25. The maximum Gasteiger partial charge on any atom is 0.276 e. The summed E-state index contributed by atoms with van der Waals surface area (Å²) < 4.78 is 6.79. The maximum absolute atomic E-state index is 12.9. The van der Waals surface area contributed by atoms with Crippen LogP contribution in [-0.2, 0) is 20.9 Å². The van der Waals surface area contributed by atoms with Crippen molar-refractivity contribution in [3.63, 3.8) is 0 Å². The van der Waals surface area contributed by atoms with E-state index >= 15 is 0 Å². The van der Waals surface area contributed by atoms with Gasteiger partial charge >= 0.3 is 0 Å². The Morgan fingerprint density at radius 2 is 2.09 bits per heavy atom. The summed E-state index contributed by atoms with van der Waals surface area (Å²) >= 11 is 0. The van der Waals surface area contributed by atoms with Crippen LogP contribution >= 0.6 is 0 Å². The van der Waals surface area contributed by atoms with Crippen LogP contribution in [0, 0.1) is 0 Å². The Balaban J connectivity index is 1.33. The summed E-state index contributed by atoms with van der Waals surface area (Å²) in [6.07, 6.45) is 5.71. The van der Waals surface area contributed by atoms with Crippen LogP contribution in [0.2, 0.25) is 0 Å². The topological polar surface area (TPSA) is 127 Å². The van der Waals surface area contributed by atoms with Gasteiger partial charge in [0.05, 0.1) is 24.5 Å². The van der Waals surface area contributed by atoms with Gasteiger partial charge in [0.2, 0.25) is 11.8 Å². The number of nitrogens with zero attached hydrogens (tertiary/aromatic N) is 5. The molecule has 0 radical (unpaired) electrons. The summed E-state index contributed by atoms with van der Waals surface area (Å²) in [5, 5.41) is 10.4. The molecular formula is C22H22N6O5. The molecule has 1 N–H and O–H groups in total. The van der Waals surface area contributed by atoms with Gasteiger partial charge in [-0.15, -0.1) is 5.10 Å². The van der Waals surface area contributed by atoms with E-state index in [0.717, 1.165) is 5.56 Å². The molecule has 0 aliphatic carbocycles. The van der Waals surface area contributed by atoms with Gasteiger partial charge in [-0.1, -0.05) is 17.4 Å². The highest BCUT2D eigenvalue weighted by Gasteiger charge is 2.39. The quantitative estimate of drug-likeness (QED) is 0.515. The average Bonchev–Trinajstić information content (AvgIpc) is 3.44. The van der Waals surface area contributed by atoms with Crippen LogP contribution in [0.25, 0.3) is 5.69 Å². The summed E-state index contributed by atoms with van der Waals surface area (Å²) in [5.74, 6) is -1.26. The zero-order valence-electron chi connectivity index (χ0n) is 17.9. The standard InChI is InChI=1S/C22H22N6O5/c1-33-15-3-2-8-26(11-15)22(32)17-12-28(25-24-17)14-4-5-16-13(9-14)10-27(21(16)31)18-6-7-19(29)23-20(18)30/h2-5,9,12,15,18H,6-8,10-11H2,1H3,(H,23,29,30). The highest BCUT2D eigenvalue weighted by atomic mass is 16.5. The monoisotopic (exact) mass is 450 g/mol. The molecule has 2 unspecified atom stereocenters. The van der Waals surface area contributed by atoms with Crippen molar-refractivity contribution in [2.24, 2.45) is 0 Å². The fourth-order valence-electron chi connectivity index (χ4n) is 4.36. The molecule has 1 fully saturated rings. The summed E-state index contributed by atoms with van der Waals surface area (Å²) in [4.78, 5) is 52.4. The first-order chi connectivity index (χ1) is 15.9. The third-order valence-corrected chi connectivity index (χ3v) is 6.15. The van der Waals surface area contributed by atoms with Crippen LogP contribution in [0.3, 0.4) is 0 Å². The molecule has 0 bridgehead atoms. The molecule has 4 heterocycles. The normalized spacial score (nSPS) is 22.5. The Morgan fingerprint density at radius 1 is 1.24 bits per heavy atom. The Bertz CT molecular complexity index is 1190. The number of aromatic nitrogens is 3. The molecule has 1 saturated heterocycles. The molecule has 170 valence electrons. The number of piperidine rings is 1. The van der Waals surface area contributed by atoms with E-state index in [1.54, 1.807) is 36.4 Å². The maximum atomic E-state index is 12.9. The second kappa shape index (κ2) is 8.24. The average molecular weight is 450 g/mol. The SMILES string of the molecule is COC1C=CCN(C(=O)c2cn(-c3ccc4c(c3)CN(C3CCC(=O)NC3=O)C4=O)nn2)C1. The number of carbonyl (C=O) groups is 4. The zero-order chi connectivity index (χ0) is 23.1. The van der Waals surface area contributed by atoms with Crippen LogP contribution in [0.15, 0.2) is 36.5 Å². The molecule has 0 saturated carbocycles. The number of nitrogens with one attached hydrogen (secondary N) is 1. The van der Waals surface area contributed by atoms with Gasteiger partial charge in [-0.2, -0.15) is 0 Å². The molecule has 4 amide bonds. The highest BCUT2D eigenvalue weighted by Crippen LogP contribution is 2.29. The Labute approximate surface area is 189 Å². The molecule has 11 heteroatoms. The predicted molar refractivity (Wildman–Crippen MR) is 113 cm³/mol. The van der Waals surface area contributed by atoms with E-state index < -0.39 is 11.9 Å². The van der Waals surface area contributed by atoms with Crippen molar-refractivity contribution in [2.75, 3.05) is 20.2 Å². The molecule has 3 aliphatic rings. The summed E-state index contributed by atoms with van der Waals surface area (Å²) in [5.41, 5.74) is 2.11. The van der Waals surface area contributed by atoms with Crippen LogP contribution < -0.4 is 5.32 Å². The van der Waals surface area contributed by atoms with Gasteiger partial charge in [0.25, 0.3) is 11.8 Å². The fraction of sp³-hybridized carbons (Fsp3) is 0.364. The van der Waals surface area contributed by atoms with Crippen molar-refractivity contribution in [3.8, 4) is 5.69 Å². The number of imide groups is 1. The largest absolute Gasteiger partial charge is 0.376 e. The van der Waals surface area contributed by atoms with Crippen molar-refractivity contribution < 1.29 is 23.9 Å². The van der Waals surface area contributed by atoms with Gasteiger partial charge in [-0.05, 0) is 30.2 Å². The highest BCUT2D eigenvalue weighted by molar-refractivity contribution is 6.05. The first-order valence-corrected chi connectivity index (χ1v) is 10.6. The third kappa shape index (κ3) is 3.80. The van der Waals surface area contributed by atoms with E-state index in [1.807, 2.05) is 12.2 Å². The van der Waals surface area contributed by atoms with E-state index in [2.05, 4.69) is 15.6 Å². The van der Waals surface area contributed by atoms with E-state index in [4.69, 9.17) is 4.74 Å². The second-order valence-corrected chi connectivity index (χ2v) is 8.20. The van der Waals surface area contributed by atoms with Crippen molar-refractivity contribution in [2.45, 2.75) is 31.5 Å². The summed E-state index contributed by atoms with van der Waals surface area (Å²) in [6, 6.07) is 4.53. The smallest absolute Gasteiger partial charge is 0.276 e. The number of amides is 4. The van der Waals surface area contributed by atoms with E-state index in [-0.39, 0.29) is 42.5 Å². The minimum atomic E-state index is -0.670. The van der Waals surface area contributed by atoms with Crippen molar-refractivity contribution in [3.05, 3.63) is 53.4 Å². The molecule has 2 aromatic rings. The molecule has 1 aromatic heterocycles. The number of methoxy groups -OCH3 is 1. The van der Waals surface area contributed by atoms with E-state index in [0.29, 0.717) is 30.8 Å². The molecule has 3 aliphatic heterocycles. The molecule has 0 spiro atoms. The summed E-state index contributed by atoms with van der Waals surface area (Å²) in [6.45, 7) is 1.17. The molecule has 5 rings (SSSR count). The summed E-state index contributed by atoms with van der Waals surface area (Å²) in [7, 11) is 1.60. The van der Waals surface area contributed by atoms with Gasteiger partial charge in [-0.25, -0.2) is 4.68 Å². The van der Waals surface area contributed by atoms with Crippen molar-refractivity contribution in [1.29, 1.82) is 0 Å². The number of ether oxygens (including phenoxy) is 1. The minimum Gasteiger partial charge on any atom is -0.376 e. The lowest BCUT2D eigenvalue weighted by atomic mass is 10.0. The minimum absolute atomic E-state index is 0.153. The molecule has 2 atom stereocenters. The lowest BCUT2D eigenvalue weighted by molar-refractivity contribution is -0.136. The molecule has 33 heavy (non-hydrogen) atoms. The van der Waals surface area contributed by atoms with Gasteiger partial charge in [-0.3, -0.25) is 24.5 Å². The Morgan fingerprint density at radius 3 is 2.88 bits per heavy atom. The van der Waals surface area contributed by atoms with E-state index in [9.17, 15) is 19.2 Å². The van der Waals surface area contributed by atoms with Crippen LogP contribution in [-0.4, -0.2) is 80.8 Å². The predicted octanol–water partition coefficient (Wildman–Crippen LogP) is 0.0553. The van der Waals surface area contributed by atoms with Crippen LogP contribution in [0.1, 0.15) is 39.3 Å². The Hall–Kier alpha value is -3.86. The second-order valence-electron chi connectivity index (χ2n) is 8.20. The molecule has 1 aromatic carbocycles. The first-order valence-electron chi connectivity index (χ1n) is 10.6. The van der Waals surface area contributed by atoms with Gasteiger partial charge in [0.15, 0.2) is 5.69 Å². The first kappa shape index (κ1) is 21.0. The lowest BCUT2D eigenvalue weighted by Crippen LogP contribution is -2.52. The number of benzene rings is 1. The van der Waals surface area contributed by atoms with Crippen molar-refractivity contribution in [1.82, 2.24) is 30.1 Å².